The van der Waals surface area contributed by atoms with Crippen LogP contribution < -0.4 is 10.6 Å². The van der Waals surface area contributed by atoms with Gasteiger partial charge >= 0.3 is 0 Å². The van der Waals surface area contributed by atoms with Gasteiger partial charge in [0.1, 0.15) is 0 Å². The molecule has 0 bridgehead atoms. The average molecular weight is 334 g/mol. The van der Waals surface area contributed by atoms with Gasteiger partial charge in [-0.05, 0) is 53.4 Å². The Morgan fingerprint density at radius 2 is 2.20 bits per heavy atom. The molecule has 2 aromatic rings. The summed E-state index contributed by atoms with van der Waals surface area (Å²) in [4.78, 5) is 7.13. The maximum absolute atomic E-state index is 6.11. The first-order valence-electron chi connectivity index (χ1n) is 7.31. The Bertz CT molecular complexity index is 622. The molecule has 0 radical (unpaired) electrons. The van der Waals surface area contributed by atoms with Gasteiger partial charge in [-0.1, -0.05) is 13.3 Å². The van der Waals surface area contributed by atoms with Crippen molar-refractivity contribution in [1.29, 1.82) is 0 Å². The lowest BCUT2D eigenvalue weighted by molar-refractivity contribution is 0.714. The summed E-state index contributed by atoms with van der Waals surface area (Å²) in [6, 6.07) is 6.89. The molecule has 4 heteroatoms. The van der Waals surface area contributed by atoms with Gasteiger partial charge in [0.2, 0.25) is 0 Å². The quantitative estimate of drug-likeness (QED) is 0.827. The van der Waals surface area contributed by atoms with Crippen molar-refractivity contribution in [3.63, 3.8) is 0 Å². The number of hydrogen-bond donors (Lipinski definition) is 1. The number of aromatic nitrogens is 1. The van der Waals surface area contributed by atoms with Crippen LogP contribution in [0.2, 0.25) is 0 Å². The number of rotatable bonds is 5. The van der Waals surface area contributed by atoms with E-state index in [4.69, 9.17) is 5.73 Å². The molecule has 2 N–H and O–H groups in total. The van der Waals surface area contributed by atoms with Crippen molar-refractivity contribution in [2.75, 3.05) is 17.2 Å². The first-order chi connectivity index (χ1) is 9.70. The molecule has 20 heavy (non-hydrogen) atoms. The fraction of sp³-hybridized carbons (Fsp3) is 0.438. The van der Waals surface area contributed by atoms with Crippen LogP contribution in [0.15, 0.2) is 28.9 Å². The minimum absolute atomic E-state index is 0.693. The summed E-state index contributed by atoms with van der Waals surface area (Å²) in [6.45, 7) is 3.35. The van der Waals surface area contributed by atoms with E-state index >= 15 is 0 Å². The van der Waals surface area contributed by atoms with E-state index in [-0.39, 0.29) is 0 Å². The first-order valence-corrected chi connectivity index (χ1v) is 8.10. The molecule has 1 aromatic carbocycles. The fourth-order valence-electron chi connectivity index (χ4n) is 2.65. The molecule has 0 atom stereocenters. The van der Waals surface area contributed by atoms with Crippen LogP contribution in [0.4, 0.5) is 11.4 Å². The number of unbranched alkanes of at least 4 members (excludes halogenated alkanes) is 1. The Kier molecular flexibility index (Phi) is 3.83. The third-order valence-electron chi connectivity index (χ3n) is 3.88. The van der Waals surface area contributed by atoms with Gasteiger partial charge in [-0.15, -0.1) is 0 Å². The molecule has 1 heterocycles. The summed E-state index contributed by atoms with van der Waals surface area (Å²) in [7, 11) is 0. The van der Waals surface area contributed by atoms with Gasteiger partial charge in [0.15, 0.2) is 0 Å². The molecule has 1 fully saturated rings. The predicted octanol–water partition coefficient (Wildman–Crippen LogP) is 4.35. The third-order valence-corrected chi connectivity index (χ3v) is 4.31. The maximum atomic E-state index is 6.11. The summed E-state index contributed by atoms with van der Waals surface area (Å²) in [5.41, 5.74) is 9.16. The number of nitrogen functional groups attached to an aromatic ring is 1. The number of nitrogens with zero attached hydrogens (tertiary/aromatic N) is 2. The van der Waals surface area contributed by atoms with Gasteiger partial charge in [0.05, 0.1) is 11.2 Å². The number of pyridine rings is 1. The van der Waals surface area contributed by atoms with Gasteiger partial charge < -0.3 is 10.6 Å². The lowest BCUT2D eigenvalue weighted by Crippen LogP contribution is -2.27. The zero-order valence-corrected chi connectivity index (χ0v) is 13.4. The van der Waals surface area contributed by atoms with Gasteiger partial charge in [0.25, 0.3) is 0 Å². The normalized spacial score (nSPS) is 14.7. The van der Waals surface area contributed by atoms with Crippen molar-refractivity contribution in [2.45, 2.75) is 38.6 Å². The van der Waals surface area contributed by atoms with Crippen molar-refractivity contribution >= 4 is 38.2 Å². The standard InChI is InChI=1S/C16H20BrN3/c1-2-3-8-20(12-4-5-12)15-7-6-14(18)13-9-11(17)10-19-16(13)15/h6-7,9-10,12H,2-5,8,18H2,1H3. The molecular weight excluding hydrogens is 314 g/mol. The zero-order valence-electron chi connectivity index (χ0n) is 11.8. The van der Waals surface area contributed by atoms with E-state index in [0.29, 0.717) is 6.04 Å². The summed E-state index contributed by atoms with van der Waals surface area (Å²) >= 11 is 3.48. The van der Waals surface area contributed by atoms with Crippen molar-refractivity contribution in [3.8, 4) is 0 Å². The molecule has 0 saturated heterocycles. The predicted molar refractivity (Wildman–Crippen MR) is 89.1 cm³/mol. The molecule has 106 valence electrons. The molecule has 0 aliphatic heterocycles. The highest BCUT2D eigenvalue weighted by molar-refractivity contribution is 9.10. The topological polar surface area (TPSA) is 42.1 Å². The lowest BCUT2D eigenvalue weighted by Gasteiger charge is -2.26. The summed E-state index contributed by atoms with van der Waals surface area (Å²) in [6.07, 6.45) is 6.89. The average Bonchev–Trinajstić information content (AvgIpc) is 3.26. The van der Waals surface area contributed by atoms with Gasteiger partial charge in [-0.3, -0.25) is 4.98 Å². The van der Waals surface area contributed by atoms with E-state index in [9.17, 15) is 0 Å². The smallest absolute Gasteiger partial charge is 0.0956 e. The van der Waals surface area contributed by atoms with E-state index in [1.165, 1.54) is 31.4 Å². The van der Waals surface area contributed by atoms with Crippen LogP contribution in [0, 0.1) is 0 Å². The SMILES string of the molecule is CCCCN(c1ccc(N)c2cc(Br)cnc12)C1CC1. The van der Waals surface area contributed by atoms with Crippen LogP contribution in [-0.2, 0) is 0 Å². The number of nitrogens with two attached hydrogens (primary N) is 1. The van der Waals surface area contributed by atoms with E-state index < -0.39 is 0 Å². The monoisotopic (exact) mass is 333 g/mol. The Labute approximate surface area is 128 Å². The minimum atomic E-state index is 0.693. The second-order valence-corrected chi connectivity index (χ2v) is 6.42. The number of halogens is 1. The van der Waals surface area contributed by atoms with Crippen LogP contribution >= 0.6 is 15.9 Å². The summed E-state index contributed by atoms with van der Waals surface area (Å²) in [5, 5.41) is 1.04. The number of fused-ring (bicyclic) bond motifs is 1. The second kappa shape index (κ2) is 5.60. The van der Waals surface area contributed by atoms with Crippen LogP contribution in [0.1, 0.15) is 32.6 Å². The van der Waals surface area contributed by atoms with Crippen LogP contribution in [-0.4, -0.2) is 17.6 Å². The van der Waals surface area contributed by atoms with E-state index in [2.05, 4.69) is 44.9 Å². The van der Waals surface area contributed by atoms with Crippen LogP contribution in [0.25, 0.3) is 10.9 Å². The molecule has 0 amide bonds. The second-order valence-electron chi connectivity index (χ2n) is 5.50. The van der Waals surface area contributed by atoms with E-state index in [1.807, 2.05) is 12.3 Å². The van der Waals surface area contributed by atoms with E-state index in [1.54, 1.807) is 0 Å². The van der Waals surface area contributed by atoms with Gasteiger partial charge in [-0.2, -0.15) is 0 Å². The molecule has 0 spiro atoms. The fourth-order valence-corrected chi connectivity index (χ4v) is 2.98. The van der Waals surface area contributed by atoms with Crippen molar-refractivity contribution < 1.29 is 0 Å². The molecule has 1 aliphatic carbocycles. The Balaban J connectivity index is 2.07. The molecule has 1 aliphatic rings. The molecular formula is C16H20BrN3. The van der Waals surface area contributed by atoms with Crippen LogP contribution in [0.5, 0.6) is 0 Å². The van der Waals surface area contributed by atoms with Crippen molar-refractivity contribution in [1.82, 2.24) is 4.98 Å². The largest absolute Gasteiger partial charge is 0.398 e. The highest BCUT2D eigenvalue weighted by Crippen LogP contribution is 2.37. The minimum Gasteiger partial charge on any atom is -0.398 e. The van der Waals surface area contributed by atoms with Gasteiger partial charge in [-0.25, -0.2) is 0 Å². The zero-order chi connectivity index (χ0) is 14.1. The van der Waals surface area contributed by atoms with Crippen molar-refractivity contribution in [3.05, 3.63) is 28.9 Å². The molecule has 3 nitrogen and oxygen atoms in total. The summed E-state index contributed by atoms with van der Waals surface area (Å²) < 4.78 is 0.973. The molecule has 1 aromatic heterocycles. The Morgan fingerprint density at radius 1 is 1.40 bits per heavy atom. The Hall–Kier alpha value is -1.29. The van der Waals surface area contributed by atoms with Crippen LogP contribution in [0.3, 0.4) is 0 Å². The number of benzene rings is 1. The lowest BCUT2D eigenvalue weighted by atomic mass is 10.1. The number of hydrogen-bond acceptors (Lipinski definition) is 3. The molecule has 1 saturated carbocycles. The third kappa shape index (κ3) is 2.62. The first kappa shape index (κ1) is 13.7. The molecule has 0 unspecified atom stereocenters. The molecule has 3 rings (SSSR count). The van der Waals surface area contributed by atoms with Crippen molar-refractivity contribution in [2.24, 2.45) is 0 Å². The Morgan fingerprint density at radius 3 is 2.90 bits per heavy atom. The maximum Gasteiger partial charge on any atom is 0.0956 e. The van der Waals surface area contributed by atoms with Gasteiger partial charge in [0, 0.05) is 34.3 Å². The number of anilines is 2. The summed E-state index contributed by atoms with van der Waals surface area (Å²) in [5.74, 6) is 0. The van der Waals surface area contributed by atoms with E-state index in [0.717, 1.165) is 27.6 Å². The highest BCUT2D eigenvalue weighted by atomic mass is 79.9. The highest BCUT2D eigenvalue weighted by Gasteiger charge is 2.30.